The molecule has 0 fully saturated rings. The zero-order valence-electron chi connectivity index (χ0n) is 9.70. The maximum Gasteiger partial charge on any atom is 0.321 e. The summed E-state index contributed by atoms with van der Waals surface area (Å²) in [6.07, 6.45) is 5.97. The van der Waals surface area contributed by atoms with Crippen LogP contribution in [0.3, 0.4) is 0 Å². The number of hydrogen-bond donors (Lipinski definition) is 2. The van der Waals surface area contributed by atoms with Crippen molar-refractivity contribution >= 4 is 34.0 Å². The molecule has 0 radical (unpaired) electrons. The third kappa shape index (κ3) is 5.16. The Labute approximate surface area is 113 Å². The van der Waals surface area contributed by atoms with Crippen LogP contribution in [0.1, 0.15) is 12.8 Å². The Kier molecular flexibility index (Phi) is 6.92. The zero-order valence-corrected chi connectivity index (χ0v) is 11.3. The van der Waals surface area contributed by atoms with Gasteiger partial charge in [0.15, 0.2) is 0 Å². The fourth-order valence-corrected chi connectivity index (χ4v) is 3.76. The molecule has 3 N–H and O–H groups in total. The van der Waals surface area contributed by atoms with Gasteiger partial charge in [-0.15, -0.1) is 0 Å². The molecule has 0 bridgehead atoms. The number of carboxylic acid groups (broad SMARTS) is 1. The summed E-state index contributed by atoms with van der Waals surface area (Å²) in [5, 5.41) is 8.65. The fourth-order valence-electron chi connectivity index (χ4n) is 1.29. The van der Waals surface area contributed by atoms with Crippen LogP contribution in [0.4, 0.5) is 0 Å². The largest absolute Gasteiger partial charge is 0.480 e. The van der Waals surface area contributed by atoms with Crippen LogP contribution >= 0.6 is 21.6 Å². The Morgan fingerprint density at radius 2 is 2.28 bits per heavy atom. The fraction of sp³-hybridized carbons (Fsp3) is 0.455. The molecule has 0 amide bonds. The highest BCUT2D eigenvalue weighted by Gasteiger charge is 2.14. The van der Waals surface area contributed by atoms with E-state index in [1.54, 1.807) is 0 Å². The minimum absolute atomic E-state index is 0.258. The van der Waals surface area contributed by atoms with Crippen molar-refractivity contribution in [1.29, 1.82) is 0 Å². The van der Waals surface area contributed by atoms with Gasteiger partial charge in [-0.1, -0.05) is 33.7 Å². The van der Waals surface area contributed by atoms with Crippen molar-refractivity contribution in [3.63, 3.8) is 0 Å². The minimum atomic E-state index is -0.999. The van der Waals surface area contributed by atoms with E-state index in [1.165, 1.54) is 21.6 Å². The number of ether oxygens (including phenoxy) is 1. The van der Waals surface area contributed by atoms with Gasteiger partial charge in [0.2, 0.25) is 0 Å². The molecule has 100 valence electrons. The van der Waals surface area contributed by atoms with E-state index in [4.69, 9.17) is 15.6 Å². The average molecular weight is 289 g/mol. The normalized spacial score (nSPS) is 16.5. The van der Waals surface area contributed by atoms with E-state index >= 15 is 0 Å². The summed E-state index contributed by atoms with van der Waals surface area (Å²) < 4.78 is 4.74. The van der Waals surface area contributed by atoms with Crippen LogP contribution in [0, 0.1) is 0 Å². The molecule has 1 rings (SSSR count). The van der Waals surface area contributed by atoms with Gasteiger partial charge in [0, 0.05) is 10.7 Å². The van der Waals surface area contributed by atoms with Gasteiger partial charge in [0.05, 0.1) is 0 Å². The van der Waals surface area contributed by atoms with Crippen molar-refractivity contribution in [3.05, 3.63) is 22.6 Å². The van der Waals surface area contributed by atoms with E-state index in [0.717, 1.165) is 23.3 Å². The molecule has 0 saturated heterocycles. The molecule has 1 aliphatic rings. The van der Waals surface area contributed by atoms with Gasteiger partial charge >= 0.3 is 5.97 Å². The van der Waals surface area contributed by atoms with Gasteiger partial charge in [-0.05, 0) is 18.4 Å². The zero-order chi connectivity index (χ0) is 13.4. The molecule has 1 atom stereocenters. The number of carbonyl (C=O) groups is 2. The molecular weight excluding hydrogens is 274 g/mol. The number of rotatable bonds is 8. The second-order valence-corrected chi connectivity index (χ2v) is 5.98. The Hall–Kier alpha value is -0.920. The molecular formula is C11H15NO4S2. The van der Waals surface area contributed by atoms with Crippen molar-refractivity contribution in [3.8, 4) is 0 Å². The first-order chi connectivity index (χ1) is 8.65. The van der Waals surface area contributed by atoms with E-state index < -0.39 is 12.0 Å². The molecule has 5 nitrogen and oxygen atoms in total. The van der Waals surface area contributed by atoms with Crippen LogP contribution in [0.2, 0.25) is 0 Å². The van der Waals surface area contributed by atoms with Crippen LogP contribution in [-0.4, -0.2) is 35.9 Å². The number of aliphatic carboxylic acids is 1. The maximum atomic E-state index is 10.6. The number of nitrogens with two attached hydrogens (primary N) is 1. The maximum absolute atomic E-state index is 10.6. The Balaban J connectivity index is 2.39. The highest BCUT2D eigenvalue weighted by Crippen LogP contribution is 2.37. The monoisotopic (exact) mass is 289 g/mol. The van der Waals surface area contributed by atoms with Gasteiger partial charge in [-0.25, -0.2) is 0 Å². The lowest BCUT2D eigenvalue weighted by molar-refractivity contribution is -0.138. The second-order valence-electron chi connectivity index (χ2n) is 3.59. The molecule has 0 aliphatic heterocycles. The average Bonchev–Trinajstić information content (AvgIpc) is 2.37. The number of carboxylic acids is 1. The molecule has 0 aromatic heterocycles. The van der Waals surface area contributed by atoms with Crippen molar-refractivity contribution in [2.24, 2.45) is 5.73 Å². The first-order valence-electron chi connectivity index (χ1n) is 5.37. The molecule has 0 heterocycles. The molecule has 1 aliphatic carbocycles. The topological polar surface area (TPSA) is 89.6 Å². The van der Waals surface area contributed by atoms with Crippen LogP contribution in [0.15, 0.2) is 22.6 Å². The Morgan fingerprint density at radius 1 is 1.56 bits per heavy atom. The number of allylic oxidation sites excluding steroid dienone is 2. The van der Waals surface area contributed by atoms with Crippen LogP contribution in [0.25, 0.3) is 0 Å². The highest BCUT2D eigenvalue weighted by atomic mass is 33.1. The molecule has 7 heteroatoms. The molecule has 0 spiro atoms. The minimum Gasteiger partial charge on any atom is -0.480 e. The Morgan fingerprint density at radius 3 is 2.94 bits per heavy atom. The third-order valence-electron chi connectivity index (χ3n) is 2.22. The second kappa shape index (κ2) is 8.23. The van der Waals surface area contributed by atoms with Crippen molar-refractivity contribution in [1.82, 2.24) is 0 Å². The first-order valence-corrected chi connectivity index (χ1v) is 7.69. The molecule has 0 aromatic carbocycles. The lowest BCUT2D eigenvalue weighted by Gasteiger charge is -2.14. The summed E-state index contributed by atoms with van der Waals surface area (Å²) in [4.78, 5) is 21.7. The van der Waals surface area contributed by atoms with Crippen molar-refractivity contribution in [2.75, 3.05) is 12.4 Å². The lowest BCUT2D eigenvalue weighted by Crippen LogP contribution is -2.32. The molecule has 0 unspecified atom stereocenters. The van der Waals surface area contributed by atoms with Crippen LogP contribution in [-0.2, 0) is 14.3 Å². The van der Waals surface area contributed by atoms with Crippen molar-refractivity contribution < 1.29 is 19.4 Å². The summed E-state index contributed by atoms with van der Waals surface area (Å²) in [7, 11) is 2.86. The van der Waals surface area contributed by atoms with Crippen LogP contribution < -0.4 is 5.73 Å². The molecule has 0 aromatic rings. The van der Waals surface area contributed by atoms with Crippen molar-refractivity contribution in [2.45, 2.75) is 18.9 Å². The lowest BCUT2D eigenvalue weighted by atomic mass is 10.1. The van der Waals surface area contributed by atoms with Gasteiger partial charge in [-0.2, -0.15) is 0 Å². The summed E-state index contributed by atoms with van der Waals surface area (Å²) in [6.45, 7) is 0.680. The standard InChI is InChI=1S/C11H15NO4S2/c12-9(11(14)15)6-17-18-10-4-2-1-3-8(10)5-16-7-13/h3-4,7,9H,1-2,5-6,12H2,(H,14,15)/t9-/m0/s1. The predicted molar refractivity (Wildman–Crippen MR) is 73.1 cm³/mol. The molecule has 0 saturated carbocycles. The number of hydrogen-bond acceptors (Lipinski definition) is 6. The quantitative estimate of drug-likeness (QED) is 0.517. The number of carbonyl (C=O) groups excluding carboxylic acids is 1. The van der Waals surface area contributed by atoms with E-state index in [9.17, 15) is 9.59 Å². The van der Waals surface area contributed by atoms with Gasteiger partial charge < -0.3 is 15.6 Å². The first kappa shape index (κ1) is 15.1. The smallest absolute Gasteiger partial charge is 0.321 e. The van der Waals surface area contributed by atoms with E-state index in [2.05, 4.69) is 6.08 Å². The molecule has 18 heavy (non-hydrogen) atoms. The highest BCUT2D eigenvalue weighted by molar-refractivity contribution is 8.78. The Bertz CT molecular complexity index is 368. The summed E-state index contributed by atoms with van der Waals surface area (Å²) in [5.74, 6) is -0.667. The summed E-state index contributed by atoms with van der Waals surface area (Å²) in [5.41, 5.74) is 6.38. The summed E-state index contributed by atoms with van der Waals surface area (Å²) in [6, 6.07) is -0.856. The van der Waals surface area contributed by atoms with Crippen LogP contribution in [0.5, 0.6) is 0 Å². The van der Waals surface area contributed by atoms with E-state index in [1.807, 2.05) is 6.08 Å². The predicted octanol–water partition coefficient (Wildman–Crippen LogP) is 1.56. The van der Waals surface area contributed by atoms with E-state index in [-0.39, 0.29) is 6.61 Å². The van der Waals surface area contributed by atoms with E-state index in [0.29, 0.717) is 12.2 Å². The third-order valence-corrected chi connectivity index (χ3v) is 4.75. The van der Waals surface area contributed by atoms with Gasteiger partial charge in [-0.3, -0.25) is 9.59 Å². The van der Waals surface area contributed by atoms with Gasteiger partial charge in [0.25, 0.3) is 6.47 Å². The SMILES string of the molecule is N[C@@H](CSSC1=CCCC=C1COC=O)C(=O)O. The van der Waals surface area contributed by atoms with Gasteiger partial charge in [0.1, 0.15) is 12.6 Å². The summed E-state index contributed by atoms with van der Waals surface area (Å²) >= 11 is 0.